The van der Waals surface area contributed by atoms with E-state index in [1.54, 1.807) is 12.1 Å². The zero-order chi connectivity index (χ0) is 15.4. The average molecular weight is 388 g/mol. The molecule has 0 saturated carbocycles. The fraction of sp³-hybridized carbons (Fsp3) is 0.188. The molecule has 0 fully saturated rings. The lowest BCUT2D eigenvalue weighted by molar-refractivity contribution is -0.142. The van der Waals surface area contributed by atoms with E-state index in [9.17, 15) is 4.79 Å². The summed E-state index contributed by atoms with van der Waals surface area (Å²) in [6, 6.07) is 12.8. The van der Waals surface area contributed by atoms with E-state index in [-0.39, 0.29) is 5.97 Å². The summed E-state index contributed by atoms with van der Waals surface area (Å²) in [5.41, 5.74) is 1.72. The second-order valence-electron chi connectivity index (χ2n) is 4.54. The van der Waals surface area contributed by atoms with E-state index >= 15 is 0 Å². The van der Waals surface area contributed by atoms with E-state index < -0.39 is 5.92 Å². The molecule has 1 atom stereocenters. The topological polar surface area (TPSA) is 26.3 Å². The highest BCUT2D eigenvalue weighted by molar-refractivity contribution is 9.10. The number of methoxy groups -OCH3 is 1. The number of hydrogen-bond acceptors (Lipinski definition) is 2. The molecule has 5 heteroatoms. The SMILES string of the molecule is COC(=O)[C@H](Cc1ccc(Cl)cc1Cl)c1ccccc1Br. The summed E-state index contributed by atoms with van der Waals surface area (Å²) in [6.45, 7) is 0. The zero-order valence-corrected chi connectivity index (χ0v) is 14.4. The van der Waals surface area contributed by atoms with Crippen LogP contribution in [-0.2, 0) is 16.0 Å². The number of carbonyl (C=O) groups is 1. The van der Waals surface area contributed by atoms with Gasteiger partial charge in [-0.1, -0.05) is 63.4 Å². The van der Waals surface area contributed by atoms with E-state index in [0.29, 0.717) is 16.5 Å². The van der Waals surface area contributed by atoms with Gasteiger partial charge in [0.15, 0.2) is 0 Å². The number of esters is 1. The molecule has 0 radical (unpaired) electrons. The van der Waals surface area contributed by atoms with Crippen LogP contribution in [0.15, 0.2) is 46.9 Å². The summed E-state index contributed by atoms with van der Waals surface area (Å²) in [4.78, 5) is 12.1. The van der Waals surface area contributed by atoms with E-state index in [0.717, 1.165) is 15.6 Å². The Morgan fingerprint density at radius 3 is 2.57 bits per heavy atom. The number of halogens is 3. The number of benzene rings is 2. The van der Waals surface area contributed by atoms with Crippen molar-refractivity contribution in [2.75, 3.05) is 7.11 Å². The Morgan fingerprint density at radius 1 is 1.24 bits per heavy atom. The third kappa shape index (κ3) is 4.00. The minimum absolute atomic E-state index is 0.298. The highest BCUT2D eigenvalue weighted by Crippen LogP contribution is 2.31. The molecule has 0 N–H and O–H groups in total. The van der Waals surface area contributed by atoms with Crippen LogP contribution in [0.25, 0.3) is 0 Å². The summed E-state index contributed by atoms with van der Waals surface area (Å²) >= 11 is 15.6. The minimum Gasteiger partial charge on any atom is -0.469 e. The molecule has 0 heterocycles. The van der Waals surface area contributed by atoms with Gasteiger partial charge in [0.25, 0.3) is 0 Å². The molecule has 0 saturated heterocycles. The van der Waals surface area contributed by atoms with Gasteiger partial charge in [-0.15, -0.1) is 0 Å². The molecule has 0 aromatic heterocycles. The fourth-order valence-corrected chi connectivity index (χ4v) is 3.17. The molecule has 0 amide bonds. The van der Waals surface area contributed by atoms with Crippen molar-refractivity contribution in [1.82, 2.24) is 0 Å². The highest BCUT2D eigenvalue weighted by atomic mass is 79.9. The van der Waals surface area contributed by atoms with Crippen LogP contribution in [0, 0.1) is 0 Å². The van der Waals surface area contributed by atoms with Gasteiger partial charge in [-0.25, -0.2) is 0 Å². The normalized spacial score (nSPS) is 12.0. The smallest absolute Gasteiger partial charge is 0.313 e. The van der Waals surface area contributed by atoms with Gasteiger partial charge >= 0.3 is 5.97 Å². The van der Waals surface area contributed by atoms with Crippen molar-refractivity contribution in [3.05, 3.63) is 68.1 Å². The van der Waals surface area contributed by atoms with Crippen LogP contribution in [0.1, 0.15) is 17.0 Å². The van der Waals surface area contributed by atoms with E-state index in [1.165, 1.54) is 7.11 Å². The Morgan fingerprint density at radius 2 is 1.95 bits per heavy atom. The second kappa shape index (κ2) is 7.30. The van der Waals surface area contributed by atoms with Gasteiger partial charge in [-0.3, -0.25) is 4.79 Å². The van der Waals surface area contributed by atoms with Crippen LogP contribution in [-0.4, -0.2) is 13.1 Å². The maximum absolute atomic E-state index is 12.1. The molecule has 0 aliphatic carbocycles. The van der Waals surface area contributed by atoms with Gasteiger partial charge in [-0.05, 0) is 35.7 Å². The lowest BCUT2D eigenvalue weighted by atomic mass is 9.92. The van der Waals surface area contributed by atoms with E-state index in [4.69, 9.17) is 27.9 Å². The summed E-state index contributed by atoms with van der Waals surface area (Å²) in [6.07, 6.45) is 0.450. The summed E-state index contributed by atoms with van der Waals surface area (Å²) in [5.74, 6) is -0.725. The van der Waals surface area contributed by atoms with Crippen molar-refractivity contribution in [2.45, 2.75) is 12.3 Å². The van der Waals surface area contributed by atoms with Crippen molar-refractivity contribution in [3.63, 3.8) is 0 Å². The first-order valence-electron chi connectivity index (χ1n) is 6.29. The quantitative estimate of drug-likeness (QED) is 0.669. The third-order valence-electron chi connectivity index (χ3n) is 3.21. The lowest BCUT2D eigenvalue weighted by Crippen LogP contribution is -2.17. The summed E-state index contributed by atoms with van der Waals surface area (Å²) in [7, 11) is 1.38. The zero-order valence-electron chi connectivity index (χ0n) is 11.3. The number of carbonyl (C=O) groups excluding carboxylic acids is 1. The molecular weight excluding hydrogens is 375 g/mol. The van der Waals surface area contributed by atoms with Crippen LogP contribution in [0.3, 0.4) is 0 Å². The molecular formula is C16H13BrCl2O2. The predicted molar refractivity (Wildman–Crippen MR) is 89.1 cm³/mol. The molecule has 0 aliphatic rings. The van der Waals surface area contributed by atoms with Crippen LogP contribution >= 0.6 is 39.1 Å². The van der Waals surface area contributed by atoms with Crippen molar-refractivity contribution in [2.24, 2.45) is 0 Å². The Bertz CT molecular complexity index is 658. The largest absolute Gasteiger partial charge is 0.469 e. The van der Waals surface area contributed by atoms with Gasteiger partial charge < -0.3 is 4.74 Å². The number of ether oxygens (including phenoxy) is 1. The maximum atomic E-state index is 12.1. The van der Waals surface area contributed by atoms with E-state index in [2.05, 4.69) is 15.9 Å². The van der Waals surface area contributed by atoms with E-state index in [1.807, 2.05) is 30.3 Å². The van der Waals surface area contributed by atoms with Crippen LogP contribution in [0.4, 0.5) is 0 Å². The number of rotatable bonds is 4. The van der Waals surface area contributed by atoms with Gasteiger partial charge in [-0.2, -0.15) is 0 Å². The molecule has 21 heavy (non-hydrogen) atoms. The molecule has 2 aromatic rings. The fourth-order valence-electron chi connectivity index (χ4n) is 2.13. The predicted octanol–water partition coefficient (Wildman–Crippen LogP) is 5.26. The molecule has 2 aromatic carbocycles. The van der Waals surface area contributed by atoms with Crippen molar-refractivity contribution < 1.29 is 9.53 Å². The highest BCUT2D eigenvalue weighted by Gasteiger charge is 2.24. The molecule has 0 bridgehead atoms. The van der Waals surface area contributed by atoms with Crippen LogP contribution in [0.2, 0.25) is 10.0 Å². The first-order chi connectivity index (χ1) is 10.0. The molecule has 2 rings (SSSR count). The second-order valence-corrected chi connectivity index (χ2v) is 6.24. The third-order valence-corrected chi connectivity index (χ3v) is 4.51. The Hall–Kier alpha value is -1.03. The molecule has 110 valence electrons. The van der Waals surface area contributed by atoms with Gasteiger partial charge in [0.05, 0.1) is 13.0 Å². The Kier molecular flexibility index (Phi) is 5.68. The summed E-state index contributed by atoms with van der Waals surface area (Å²) < 4.78 is 5.79. The van der Waals surface area contributed by atoms with Crippen LogP contribution in [0.5, 0.6) is 0 Å². The monoisotopic (exact) mass is 386 g/mol. The van der Waals surface area contributed by atoms with Gasteiger partial charge in [0.1, 0.15) is 0 Å². The first kappa shape index (κ1) is 16.3. The van der Waals surface area contributed by atoms with Gasteiger partial charge in [0, 0.05) is 14.5 Å². The summed E-state index contributed by atoms with van der Waals surface area (Å²) in [5, 5.41) is 1.11. The molecule has 0 unspecified atom stereocenters. The molecule has 0 aliphatic heterocycles. The van der Waals surface area contributed by atoms with Gasteiger partial charge in [0.2, 0.25) is 0 Å². The van der Waals surface area contributed by atoms with Crippen molar-refractivity contribution in [1.29, 1.82) is 0 Å². The maximum Gasteiger partial charge on any atom is 0.313 e. The lowest BCUT2D eigenvalue weighted by Gasteiger charge is -2.17. The minimum atomic E-state index is -0.427. The van der Waals surface area contributed by atoms with Crippen LogP contribution < -0.4 is 0 Å². The first-order valence-corrected chi connectivity index (χ1v) is 7.84. The Balaban J connectivity index is 2.38. The van der Waals surface area contributed by atoms with Crippen molar-refractivity contribution in [3.8, 4) is 0 Å². The number of hydrogen-bond donors (Lipinski definition) is 0. The Labute approximate surface area is 142 Å². The standard InChI is InChI=1S/C16H13BrCl2O2/c1-21-16(20)13(12-4-2-3-5-14(12)17)8-10-6-7-11(18)9-15(10)19/h2-7,9,13H,8H2,1H3/t13-/m1/s1. The average Bonchev–Trinajstić information content (AvgIpc) is 2.47. The molecule has 0 spiro atoms. The van der Waals surface area contributed by atoms with Crippen molar-refractivity contribution >= 4 is 45.1 Å². The molecule has 2 nitrogen and oxygen atoms in total.